The molecule has 21 heavy (non-hydrogen) atoms. The third-order valence-electron chi connectivity index (χ3n) is 2.80. The van der Waals surface area contributed by atoms with Crippen molar-refractivity contribution in [1.82, 2.24) is 5.32 Å². The molecule has 0 heterocycles. The molecule has 0 bridgehead atoms. The van der Waals surface area contributed by atoms with Gasteiger partial charge in [-0.2, -0.15) is 24.4 Å². The van der Waals surface area contributed by atoms with Crippen LogP contribution in [0.2, 0.25) is 0 Å². The van der Waals surface area contributed by atoms with Crippen LogP contribution in [0.15, 0.2) is 24.3 Å². The summed E-state index contributed by atoms with van der Waals surface area (Å²) >= 11 is 7.77. The second kappa shape index (κ2) is 9.58. The van der Waals surface area contributed by atoms with Crippen molar-refractivity contribution in [3.05, 3.63) is 33.4 Å². The second-order valence-corrected chi connectivity index (χ2v) is 7.27. The fourth-order valence-corrected chi connectivity index (χ4v) is 2.98. The number of hydrogen-bond acceptors (Lipinski definition) is 4. The first kappa shape index (κ1) is 18.6. The van der Waals surface area contributed by atoms with Crippen molar-refractivity contribution in [2.45, 2.75) is 18.7 Å². The predicted octanol–water partition coefficient (Wildman–Crippen LogP) is 2.66. The summed E-state index contributed by atoms with van der Waals surface area (Å²) in [5, 5.41) is 11.7. The highest BCUT2D eigenvalue weighted by molar-refractivity contribution is 14.1. The van der Waals surface area contributed by atoms with E-state index in [9.17, 15) is 9.59 Å². The van der Waals surface area contributed by atoms with Gasteiger partial charge in [0.15, 0.2) is 0 Å². The number of carboxylic acids is 1. The number of amides is 1. The minimum atomic E-state index is -1.01. The van der Waals surface area contributed by atoms with E-state index < -0.39 is 12.0 Å². The molecule has 0 aliphatic carbocycles. The quantitative estimate of drug-likeness (QED) is 0.431. The van der Waals surface area contributed by atoms with Gasteiger partial charge in [0.05, 0.1) is 0 Å². The fourth-order valence-electron chi connectivity index (χ4n) is 1.45. The molecule has 7 heteroatoms. The van der Waals surface area contributed by atoms with Crippen molar-refractivity contribution in [2.24, 2.45) is 5.92 Å². The molecule has 116 valence electrons. The zero-order valence-corrected chi connectivity index (χ0v) is 15.5. The minimum Gasteiger partial charge on any atom is -0.480 e. The maximum Gasteiger partial charge on any atom is 0.327 e. The van der Waals surface area contributed by atoms with Crippen molar-refractivity contribution in [3.8, 4) is 0 Å². The van der Waals surface area contributed by atoms with Gasteiger partial charge in [-0.05, 0) is 40.3 Å². The maximum atomic E-state index is 11.7. The van der Waals surface area contributed by atoms with Crippen molar-refractivity contribution in [3.63, 3.8) is 0 Å². The molecule has 0 aromatic heterocycles. The van der Waals surface area contributed by atoms with E-state index in [2.05, 4.69) is 40.5 Å². The largest absolute Gasteiger partial charge is 0.480 e. The van der Waals surface area contributed by atoms with Gasteiger partial charge in [0.25, 0.3) is 0 Å². The molecule has 1 rings (SSSR count). The average molecular weight is 439 g/mol. The summed E-state index contributed by atoms with van der Waals surface area (Å²) in [6.07, 6.45) is 0. The molecule has 0 saturated heterocycles. The number of carboxylic acid groups (broad SMARTS) is 1. The van der Waals surface area contributed by atoms with Crippen molar-refractivity contribution in [2.75, 3.05) is 11.5 Å². The second-order valence-electron chi connectivity index (χ2n) is 4.62. The number of rotatable bonds is 8. The lowest BCUT2D eigenvalue weighted by atomic mass is 10.2. The first-order valence-electron chi connectivity index (χ1n) is 6.40. The Labute approximate surface area is 148 Å². The number of hydrogen-bond donors (Lipinski definition) is 3. The topological polar surface area (TPSA) is 66.4 Å². The van der Waals surface area contributed by atoms with Crippen LogP contribution in [0.3, 0.4) is 0 Å². The van der Waals surface area contributed by atoms with Crippen LogP contribution in [0.5, 0.6) is 0 Å². The van der Waals surface area contributed by atoms with Crippen molar-refractivity contribution < 1.29 is 14.7 Å². The first-order valence-corrected chi connectivity index (χ1v) is 9.27. The van der Waals surface area contributed by atoms with Gasteiger partial charge in [0, 0.05) is 26.7 Å². The van der Waals surface area contributed by atoms with Crippen LogP contribution >= 0.6 is 47.0 Å². The Morgan fingerprint density at radius 3 is 2.52 bits per heavy atom. The smallest absolute Gasteiger partial charge is 0.327 e. The van der Waals surface area contributed by atoms with Crippen LogP contribution < -0.4 is 5.32 Å². The predicted molar refractivity (Wildman–Crippen MR) is 97.9 cm³/mol. The molecule has 0 unspecified atom stereocenters. The number of thioether (sulfide) groups is 1. The van der Waals surface area contributed by atoms with Gasteiger partial charge < -0.3 is 10.4 Å². The van der Waals surface area contributed by atoms with Crippen LogP contribution in [0.1, 0.15) is 12.5 Å². The molecule has 2 N–H and O–H groups in total. The summed E-state index contributed by atoms with van der Waals surface area (Å²) in [4.78, 5) is 22.9. The lowest BCUT2D eigenvalue weighted by Gasteiger charge is -2.16. The van der Waals surface area contributed by atoms with Gasteiger partial charge in [-0.25, -0.2) is 4.79 Å². The molecule has 1 aromatic rings. The lowest BCUT2D eigenvalue weighted by Crippen LogP contribution is -2.45. The van der Waals surface area contributed by atoms with Crippen LogP contribution in [-0.2, 0) is 15.3 Å². The highest BCUT2D eigenvalue weighted by Crippen LogP contribution is 2.15. The van der Waals surface area contributed by atoms with E-state index >= 15 is 0 Å². The molecule has 4 nitrogen and oxygen atoms in total. The number of carbonyl (C=O) groups excluding carboxylic acids is 1. The molecular weight excluding hydrogens is 421 g/mol. The van der Waals surface area contributed by atoms with Gasteiger partial charge in [-0.15, -0.1) is 0 Å². The van der Waals surface area contributed by atoms with E-state index in [0.717, 1.165) is 14.9 Å². The molecule has 0 radical (unpaired) electrons. The van der Waals surface area contributed by atoms with E-state index in [4.69, 9.17) is 5.11 Å². The molecule has 0 fully saturated rings. The van der Waals surface area contributed by atoms with Gasteiger partial charge in [0.2, 0.25) is 5.91 Å². The number of benzene rings is 1. The molecule has 2 atom stereocenters. The van der Waals surface area contributed by atoms with Crippen LogP contribution in [0, 0.1) is 9.49 Å². The molecule has 0 aliphatic heterocycles. The van der Waals surface area contributed by atoms with E-state index in [0.29, 0.717) is 11.5 Å². The summed E-state index contributed by atoms with van der Waals surface area (Å²) in [7, 11) is 0. The minimum absolute atomic E-state index is 0.271. The van der Waals surface area contributed by atoms with E-state index in [1.54, 1.807) is 6.92 Å². The number of thiol groups is 1. The standard InChI is InChI=1S/C14H18INO3S2/c1-9(6-20)13(17)16-12(14(18)19)8-21-7-10-2-4-11(15)5-3-10/h2-5,9,12,20H,6-8H2,1H3,(H,16,17)(H,18,19)/t9-,12+/m1/s1. The summed E-state index contributed by atoms with van der Waals surface area (Å²) in [5.41, 5.74) is 1.14. The Balaban J connectivity index is 2.46. The Bertz CT molecular complexity index is 482. The Morgan fingerprint density at radius 1 is 1.38 bits per heavy atom. The van der Waals surface area contributed by atoms with Gasteiger partial charge in [-0.3, -0.25) is 4.79 Å². The van der Waals surface area contributed by atoms with Gasteiger partial charge >= 0.3 is 5.97 Å². The Kier molecular flexibility index (Phi) is 8.50. The molecule has 1 amide bonds. The summed E-state index contributed by atoms with van der Waals surface area (Å²) < 4.78 is 1.16. The Hall–Kier alpha value is -0.410. The Morgan fingerprint density at radius 2 is 2.00 bits per heavy atom. The summed E-state index contributed by atoms with van der Waals surface area (Å²) in [5.74, 6) is -0.118. The summed E-state index contributed by atoms with van der Waals surface area (Å²) in [6.45, 7) is 1.72. The molecule has 0 spiro atoms. The van der Waals surface area contributed by atoms with Crippen molar-refractivity contribution in [1.29, 1.82) is 0 Å². The van der Waals surface area contributed by atoms with Crippen molar-refractivity contribution >= 4 is 58.9 Å². The van der Waals surface area contributed by atoms with Crippen LogP contribution in [0.25, 0.3) is 0 Å². The number of halogens is 1. The molecule has 0 saturated carbocycles. The highest BCUT2D eigenvalue weighted by Gasteiger charge is 2.22. The normalized spacial score (nSPS) is 13.5. The summed E-state index contributed by atoms with van der Waals surface area (Å²) in [6, 6.07) is 7.20. The molecule has 0 aliphatic rings. The fraction of sp³-hybridized carbons (Fsp3) is 0.429. The average Bonchev–Trinajstić information content (AvgIpc) is 2.46. The van der Waals surface area contributed by atoms with Crippen LogP contribution in [-0.4, -0.2) is 34.5 Å². The zero-order valence-electron chi connectivity index (χ0n) is 11.6. The maximum absolute atomic E-state index is 11.7. The van der Waals surface area contributed by atoms with Crippen LogP contribution in [0.4, 0.5) is 0 Å². The third kappa shape index (κ3) is 6.92. The monoisotopic (exact) mass is 439 g/mol. The molecular formula is C14H18INO3S2. The van der Waals surface area contributed by atoms with E-state index in [1.165, 1.54) is 11.8 Å². The van der Waals surface area contributed by atoms with E-state index in [1.807, 2.05) is 24.3 Å². The zero-order chi connectivity index (χ0) is 15.8. The number of nitrogens with one attached hydrogen (secondary N) is 1. The lowest BCUT2D eigenvalue weighted by molar-refractivity contribution is -0.141. The highest BCUT2D eigenvalue weighted by atomic mass is 127. The van der Waals surface area contributed by atoms with Gasteiger partial charge in [0.1, 0.15) is 6.04 Å². The number of aliphatic carboxylic acids is 1. The number of carbonyl (C=O) groups is 2. The SMILES string of the molecule is C[C@H](CS)C(=O)N[C@@H](CSCc1ccc(I)cc1)C(=O)O. The van der Waals surface area contributed by atoms with Gasteiger partial charge in [-0.1, -0.05) is 19.1 Å². The first-order chi connectivity index (χ1) is 9.93. The van der Waals surface area contributed by atoms with E-state index in [-0.39, 0.29) is 11.8 Å². The molecule has 1 aromatic carbocycles. The third-order valence-corrected chi connectivity index (χ3v) is 5.18.